The molecule has 138 valence electrons. The number of likely N-dealkylation sites (N-methyl/N-ethyl adjacent to an activating group) is 1. The summed E-state index contributed by atoms with van der Waals surface area (Å²) >= 11 is 4.83. The molecule has 1 saturated heterocycles. The lowest BCUT2D eigenvalue weighted by molar-refractivity contribution is -0.127. The number of para-hydroxylation sites is 1. The fraction of sp³-hybridized carbons (Fsp3) is 0.375. The van der Waals surface area contributed by atoms with Crippen molar-refractivity contribution in [3.8, 4) is 0 Å². The van der Waals surface area contributed by atoms with Crippen molar-refractivity contribution in [3.63, 3.8) is 0 Å². The molecular weight excluding hydrogens is 422 g/mol. The molecule has 2 unspecified atom stereocenters. The fourth-order valence-electron chi connectivity index (χ4n) is 2.77. The molecule has 8 nitrogen and oxygen atoms in total. The zero-order valence-electron chi connectivity index (χ0n) is 14.0. The van der Waals surface area contributed by atoms with Gasteiger partial charge >= 0.3 is 6.03 Å². The van der Waals surface area contributed by atoms with Gasteiger partial charge in [-0.3, -0.25) is 14.9 Å². The first-order valence-electron chi connectivity index (χ1n) is 7.97. The summed E-state index contributed by atoms with van der Waals surface area (Å²) in [6.45, 7) is 0.532. The van der Waals surface area contributed by atoms with Gasteiger partial charge in [-0.2, -0.15) is 11.8 Å². The molecule has 26 heavy (non-hydrogen) atoms. The average Bonchev–Trinajstić information content (AvgIpc) is 2.95. The highest BCUT2D eigenvalue weighted by atomic mass is 79.9. The zero-order valence-corrected chi connectivity index (χ0v) is 16.4. The summed E-state index contributed by atoms with van der Waals surface area (Å²) in [7, 11) is 1.61. The lowest BCUT2D eigenvalue weighted by atomic mass is 10.1. The van der Waals surface area contributed by atoms with Crippen LogP contribution < -0.4 is 10.6 Å². The maximum Gasteiger partial charge on any atom is 0.325 e. The maximum atomic E-state index is 12.2. The second-order valence-electron chi connectivity index (χ2n) is 5.82. The number of amidine groups is 1. The standard InChI is InChI=1S/C16H18BrN5O3S/c1-21-13-12(14(24)20-16(21)25)22(15(17)19-13)7-8-26-9-11(23)18-10-5-3-2-4-6-10/h2-6,12-13H,7-9H2,1H3,(H,18,23)(H,20,24,25). The number of halogens is 1. The fourth-order valence-corrected chi connectivity index (χ4v) is 4.11. The summed E-state index contributed by atoms with van der Waals surface area (Å²) in [5, 5.41) is 5.16. The number of hydrogen-bond donors (Lipinski definition) is 2. The van der Waals surface area contributed by atoms with Crippen LogP contribution in [0.15, 0.2) is 35.3 Å². The summed E-state index contributed by atoms with van der Waals surface area (Å²) in [4.78, 5) is 43.4. The average molecular weight is 440 g/mol. The quantitative estimate of drug-likeness (QED) is 0.514. The Kier molecular flexibility index (Phi) is 5.82. The van der Waals surface area contributed by atoms with Crippen molar-refractivity contribution in [2.45, 2.75) is 12.2 Å². The molecular formula is C16H18BrN5O3S. The number of carbonyl (C=O) groups is 3. The smallest absolute Gasteiger partial charge is 0.325 e. The zero-order chi connectivity index (χ0) is 18.7. The Morgan fingerprint density at radius 1 is 1.35 bits per heavy atom. The molecule has 2 atom stereocenters. The van der Waals surface area contributed by atoms with Crippen LogP contribution in [0.5, 0.6) is 0 Å². The third-order valence-corrected chi connectivity index (χ3v) is 5.67. The van der Waals surface area contributed by atoms with E-state index < -0.39 is 18.2 Å². The van der Waals surface area contributed by atoms with Gasteiger partial charge in [-0.25, -0.2) is 9.79 Å². The van der Waals surface area contributed by atoms with E-state index in [0.29, 0.717) is 22.8 Å². The van der Waals surface area contributed by atoms with E-state index >= 15 is 0 Å². The maximum absolute atomic E-state index is 12.2. The van der Waals surface area contributed by atoms with Crippen molar-refractivity contribution in [2.24, 2.45) is 4.99 Å². The minimum atomic E-state index is -0.550. The molecule has 0 bridgehead atoms. The number of rotatable bonds is 6. The molecule has 4 amide bonds. The van der Waals surface area contributed by atoms with Gasteiger partial charge in [-0.05, 0) is 28.1 Å². The van der Waals surface area contributed by atoms with Gasteiger partial charge in [-0.15, -0.1) is 0 Å². The second kappa shape index (κ2) is 8.09. The third kappa shape index (κ3) is 4.01. The normalized spacial score (nSPS) is 22.0. The monoisotopic (exact) mass is 439 g/mol. The van der Waals surface area contributed by atoms with Crippen molar-refractivity contribution in [2.75, 3.05) is 30.4 Å². The molecule has 3 rings (SSSR count). The summed E-state index contributed by atoms with van der Waals surface area (Å²) in [5.74, 6) is 0.522. The molecule has 1 aromatic rings. The lowest BCUT2D eigenvalue weighted by Crippen LogP contribution is -2.63. The van der Waals surface area contributed by atoms with Crippen LogP contribution in [0.3, 0.4) is 0 Å². The number of carbonyl (C=O) groups excluding carboxylic acids is 3. The van der Waals surface area contributed by atoms with Gasteiger partial charge in [-0.1, -0.05) is 18.2 Å². The number of hydrogen-bond acceptors (Lipinski definition) is 6. The topological polar surface area (TPSA) is 94.1 Å². The van der Waals surface area contributed by atoms with Crippen molar-refractivity contribution >= 4 is 56.0 Å². The van der Waals surface area contributed by atoms with Crippen LogP contribution in [0.2, 0.25) is 0 Å². The van der Waals surface area contributed by atoms with Crippen LogP contribution in [0, 0.1) is 0 Å². The largest absolute Gasteiger partial charge is 0.334 e. The number of aliphatic imine (C=N–C) groups is 1. The van der Waals surface area contributed by atoms with Crippen molar-refractivity contribution in [1.82, 2.24) is 15.1 Å². The van der Waals surface area contributed by atoms with E-state index in [9.17, 15) is 14.4 Å². The molecule has 0 aromatic heterocycles. The van der Waals surface area contributed by atoms with Crippen molar-refractivity contribution in [1.29, 1.82) is 0 Å². The third-order valence-electron chi connectivity index (χ3n) is 4.08. The molecule has 0 spiro atoms. The summed E-state index contributed by atoms with van der Waals surface area (Å²) < 4.78 is 0.540. The number of anilines is 1. The molecule has 2 aliphatic heterocycles. The van der Waals surface area contributed by atoms with E-state index in [1.165, 1.54) is 16.7 Å². The number of thioether (sulfide) groups is 1. The number of imide groups is 1. The number of nitrogens with one attached hydrogen (secondary N) is 2. The van der Waals surface area contributed by atoms with E-state index in [4.69, 9.17) is 0 Å². The molecule has 1 aromatic carbocycles. The van der Waals surface area contributed by atoms with Crippen molar-refractivity contribution in [3.05, 3.63) is 30.3 Å². The number of urea groups is 1. The lowest BCUT2D eigenvalue weighted by Gasteiger charge is -2.35. The number of benzene rings is 1. The van der Waals surface area contributed by atoms with Gasteiger partial charge in [0.25, 0.3) is 5.91 Å². The highest BCUT2D eigenvalue weighted by Crippen LogP contribution is 2.26. The Hall–Kier alpha value is -2.07. The first-order chi connectivity index (χ1) is 12.5. The predicted octanol–water partition coefficient (Wildman–Crippen LogP) is 1.30. The number of nitrogens with zero attached hydrogens (tertiary/aromatic N) is 3. The van der Waals surface area contributed by atoms with Gasteiger partial charge in [0, 0.05) is 25.0 Å². The Morgan fingerprint density at radius 3 is 2.81 bits per heavy atom. The van der Waals surface area contributed by atoms with Crippen molar-refractivity contribution < 1.29 is 14.4 Å². The van der Waals surface area contributed by atoms with E-state index in [1.54, 1.807) is 7.05 Å². The van der Waals surface area contributed by atoms with Gasteiger partial charge in [0.2, 0.25) is 5.91 Å². The van der Waals surface area contributed by atoms with Gasteiger partial charge in [0.05, 0.1) is 5.75 Å². The van der Waals surface area contributed by atoms with E-state index in [1.807, 2.05) is 35.2 Å². The molecule has 1 fully saturated rings. The Bertz CT molecular complexity index is 745. The predicted molar refractivity (Wildman–Crippen MR) is 104 cm³/mol. The van der Waals surface area contributed by atoms with Crippen LogP contribution in [0.4, 0.5) is 10.5 Å². The van der Waals surface area contributed by atoms with Crippen LogP contribution in [-0.4, -0.2) is 69.7 Å². The van der Waals surface area contributed by atoms with Gasteiger partial charge in [0.1, 0.15) is 0 Å². The minimum absolute atomic E-state index is 0.0750. The summed E-state index contributed by atoms with van der Waals surface area (Å²) in [5.41, 5.74) is 0.766. The number of amides is 4. The molecule has 10 heteroatoms. The second-order valence-corrected chi connectivity index (χ2v) is 7.64. The summed E-state index contributed by atoms with van der Waals surface area (Å²) in [6.07, 6.45) is -0.531. The highest BCUT2D eigenvalue weighted by molar-refractivity contribution is 9.18. The molecule has 0 saturated carbocycles. The molecule has 2 N–H and O–H groups in total. The van der Waals surface area contributed by atoms with Gasteiger partial charge in [0.15, 0.2) is 17.0 Å². The van der Waals surface area contributed by atoms with Gasteiger partial charge < -0.3 is 15.1 Å². The Labute approximate surface area is 163 Å². The van der Waals surface area contributed by atoms with Crippen LogP contribution in [0.25, 0.3) is 0 Å². The Morgan fingerprint density at radius 2 is 2.08 bits per heavy atom. The minimum Gasteiger partial charge on any atom is -0.334 e. The van der Waals surface area contributed by atoms with Crippen LogP contribution in [0.1, 0.15) is 0 Å². The first-order valence-corrected chi connectivity index (χ1v) is 9.92. The van der Waals surface area contributed by atoms with E-state index in [2.05, 4.69) is 31.6 Å². The molecule has 0 aliphatic carbocycles. The Balaban J connectivity index is 1.47. The highest BCUT2D eigenvalue weighted by Gasteiger charge is 2.47. The van der Waals surface area contributed by atoms with E-state index in [0.717, 1.165) is 5.69 Å². The molecule has 2 aliphatic rings. The SMILES string of the molecule is CN1C(=O)NC(=O)C2C1N=C(Br)N2CCSCC(=O)Nc1ccccc1. The van der Waals surface area contributed by atoms with Crippen LogP contribution >= 0.6 is 27.7 Å². The first kappa shape index (κ1) is 18.7. The van der Waals surface area contributed by atoms with Crippen LogP contribution in [-0.2, 0) is 9.59 Å². The van der Waals surface area contributed by atoms with E-state index in [-0.39, 0.29) is 11.8 Å². The summed E-state index contributed by atoms with van der Waals surface area (Å²) in [6, 6.07) is 8.28. The number of fused-ring (bicyclic) bond motifs is 1. The molecule has 0 radical (unpaired) electrons. The molecule has 2 heterocycles.